The van der Waals surface area contributed by atoms with Crippen LogP contribution in [0.3, 0.4) is 0 Å². The van der Waals surface area contributed by atoms with E-state index in [9.17, 15) is 14.2 Å². The molecule has 160 valence electrons. The highest BCUT2D eigenvalue weighted by Gasteiger charge is 2.65. The number of esters is 1. The molecule has 4 rings (SSSR count). The molecule has 32 heavy (non-hydrogen) atoms. The first-order valence-electron chi connectivity index (χ1n) is 10.2. The van der Waals surface area contributed by atoms with E-state index < -0.39 is 30.8 Å². The fraction of sp³-hybridized carbons (Fsp3) is 0.160. The van der Waals surface area contributed by atoms with Crippen molar-refractivity contribution in [3.63, 3.8) is 0 Å². The van der Waals surface area contributed by atoms with E-state index in [0.29, 0.717) is 34.7 Å². The van der Waals surface area contributed by atoms with Crippen molar-refractivity contribution in [2.24, 2.45) is 0 Å². The molecular formula is C25H21N2O4P. The van der Waals surface area contributed by atoms with Crippen LogP contribution in [0, 0.1) is 11.3 Å². The van der Waals surface area contributed by atoms with E-state index in [2.05, 4.69) is 5.32 Å². The van der Waals surface area contributed by atoms with Gasteiger partial charge in [0.25, 0.3) is 5.91 Å². The third-order valence-corrected chi connectivity index (χ3v) is 9.46. The number of hydrogen-bond donors (Lipinski definition) is 1. The van der Waals surface area contributed by atoms with Crippen LogP contribution in [0.2, 0.25) is 0 Å². The number of benzene rings is 3. The van der Waals surface area contributed by atoms with Gasteiger partial charge in [-0.25, -0.2) is 0 Å². The molecule has 0 spiro atoms. The number of rotatable bonds is 7. The van der Waals surface area contributed by atoms with Crippen molar-refractivity contribution in [2.45, 2.75) is 18.0 Å². The van der Waals surface area contributed by atoms with Gasteiger partial charge in [-0.1, -0.05) is 60.7 Å². The van der Waals surface area contributed by atoms with Gasteiger partial charge in [0.1, 0.15) is 5.16 Å². The second-order valence-electron chi connectivity index (χ2n) is 7.63. The van der Waals surface area contributed by atoms with E-state index in [4.69, 9.17) is 10.00 Å². The van der Waals surface area contributed by atoms with E-state index in [-0.39, 0.29) is 0 Å². The largest absolute Gasteiger partial charge is 0.455 e. The molecule has 0 aliphatic heterocycles. The average Bonchev–Trinajstić information content (AvgIpc) is 3.66. The second kappa shape index (κ2) is 8.82. The predicted octanol–water partition coefficient (Wildman–Crippen LogP) is 3.59. The molecule has 3 aromatic carbocycles. The molecule has 0 radical (unpaired) electrons. The van der Waals surface area contributed by atoms with Gasteiger partial charge in [0, 0.05) is 16.3 Å². The smallest absolute Gasteiger partial charge is 0.320 e. The molecule has 6 nitrogen and oxygen atoms in total. The maximum absolute atomic E-state index is 14.5. The van der Waals surface area contributed by atoms with Crippen molar-refractivity contribution in [1.82, 2.24) is 0 Å². The van der Waals surface area contributed by atoms with Gasteiger partial charge in [-0.3, -0.25) is 9.59 Å². The van der Waals surface area contributed by atoms with Crippen LogP contribution in [0.15, 0.2) is 84.9 Å². The van der Waals surface area contributed by atoms with E-state index in [1.165, 1.54) is 0 Å². The summed E-state index contributed by atoms with van der Waals surface area (Å²) in [4.78, 5) is 25.4. The number of nitrogens with one attached hydrogen (secondary N) is 1. The first-order valence-corrected chi connectivity index (χ1v) is 11.9. The van der Waals surface area contributed by atoms with Crippen molar-refractivity contribution in [1.29, 1.82) is 5.26 Å². The summed E-state index contributed by atoms with van der Waals surface area (Å²) in [6.07, 6.45) is 0.869. The van der Waals surface area contributed by atoms with Gasteiger partial charge >= 0.3 is 5.97 Å². The Hall–Kier alpha value is -3.68. The Bertz CT molecular complexity index is 1170. The fourth-order valence-electron chi connectivity index (χ4n) is 3.78. The summed E-state index contributed by atoms with van der Waals surface area (Å²) >= 11 is 0. The lowest BCUT2D eigenvalue weighted by atomic mass is 10.2. The van der Waals surface area contributed by atoms with Crippen LogP contribution in [-0.2, 0) is 18.9 Å². The third-order valence-electron chi connectivity index (χ3n) is 5.58. The number of ether oxygens (including phenoxy) is 1. The molecule has 1 amide bonds. The van der Waals surface area contributed by atoms with Crippen molar-refractivity contribution in [2.75, 3.05) is 11.9 Å². The first-order chi connectivity index (χ1) is 15.5. The molecule has 3 aromatic rings. The van der Waals surface area contributed by atoms with E-state index in [1.807, 2.05) is 18.2 Å². The SMILES string of the molecule is N#Cc1ccc(NC(=O)COC(=O)C2(P(=O)(c3ccccc3)c3ccccc3)CC2)cc1. The summed E-state index contributed by atoms with van der Waals surface area (Å²) in [7, 11) is -3.34. The van der Waals surface area contributed by atoms with E-state index in [0.717, 1.165) is 0 Å². The predicted molar refractivity (Wildman–Crippen MR) is 122 cm³/mol. The Labute approximate surface area is 186 Å². The van der Waals surface area contributed by atoms with Gasteiger partial charge in [0.2, 0.25) is 0 Å². The molecule has 0 saturated heterocycles. The minimum atomic E-state index is -3.34. The number of carbonyl (C=O) groups is 2. The van der Waals surface area contributed by atoms with Crippen LogP contribution in [0.25, 0.3) is 0 Å². The lowest BCUT2D eigenvalue weighted by molar-refractivity contribution is -0.147. The molecule has 1 aliphatic rings. The average molecular weight is 444 g/mol. The van der Waals surface area contributed by atoms with Gasteiger partial charge in [0.05, 0.1) is 11.6 Å². The maximum Gasteiger partial charge on any atom is 0.320 e. The zero-order valence-electron chi connectivity index (χ0n) is 17.2. The van der Waals surface area contributed by atoms with Gasteiger partial charge in [-0.15, -0.1) is 0 Å². The zero-order chi connectivity index (χ0) is 22.6. The lowest BCUT2D eigenvalue weighted by Crippen LogP contribution is -2.36. The maximum atomic E-state index is 14.5. The quantitative estimate of drug-likeness (QED) is 0.444. The van der Waals surface area contributed by atoms with Gasteiger partial charge in [0.15, 0.2) is 13.7 Å². The van der Waals surface area contributed by atoms with Crippen LogP contribution < -0.4 is 15.9 Å². The Kier molecular flexibility index (Phi) is 5.94. The van der Waals surface area contributed by atoms with Crippen LogP contribution in [0.1, 0.15) is 18.4 Å². The normalized spacial score (nSPS) is 14.1. The highest BCUT2D eigenvalue weighted by atomic mass is 31.2. The summed E-state index contributed by atoms with van der Waals surface area (Å²) in [5.74, 6) is -1.13. The van der Waals surface area contributed by atoms with E-state index in [1.54, 1.807) is 72.8 Å². The van der Waals surface area contributed by atoms with Crippen molar-refractivity contribution >= 4 is 35.3 Å². The van der Waals surface area contributed by atoms with Gasteiger partial charge < -0.3 is 14.6 Å². The Morgan fingerprint density at radius 3 is 1.91 bits per heavy atom. The summed E-state index contributed by atoms with van der Waals surface area (Å²) in [6.45, 7) is -0.482. The van der Waals surface area contributed by atoms with Crippen molar-refractivity contribution in [3.8, 4) is 6.07 Å². The fourth-order valence-corrected chi connectivity index (χ4v) is 7.31. The van der Waals surface area contributed by atoms with Crippen LogP contribution in [0.4, 0.5) is 5.69 Å². The van der Waals surface area contributed by atoms with Crippen LogP contribution >= 0.6 is 7.14 Å². The minimum Gasteiger partial charge on any atom is -0.455 e. The number of nitriles is 1. The molecule has 0 atom stereocenters. The molecule has 1 N–H and O–H groups in total. The first kappa shape index (κ1) is 21.5. The highest BCUT2D eigenvalue weighted by Crippen LogP contribution is 2.68. The third kappa shape index (κ3) is 3.95. The topological polar surface area (TPSA) is 96.3 Å². The molecule has 0 bridgehead atoms. The van der Waals surface area contributed by atoms with Crippen molar-refractivity contribution < 1.29 is 18.9 Å². The summed E-state index contributed by atoms with van der Waals surface area (Å²) in [5.41, 5.74) is 0.966. The molecule has 0 unspecified atom stereocenters. The molecule has 0 aromatic heterocycles. The van der Waals surface area contributed by atoms with Gasteiger partial charge in [-0.2, -0.15) is 5.26 Å². The molecule has 0 heterocycles. The molecule has 1 saturated carbocycles. The molecular weight excluding hydrogens is 423 g/mol. The zero-order valence-corrected chi connectivity index (χ0v) is 18.1. The summed E-state index contributed by atoms with van der Waals surface area (Å²) in [5, 5.41) is 11.5. The number of carbonyl (C=O) groups excluding carboxylic acids is 2. The Morgan fingerprint density at radius 1 is 0.906 bits per heavy atom. The number of amides is 1. The summed E-state index contributed by atoms with van der Waals surface area (Å²) in [6, 6.07) is 26.4. The molecule has 7 heteroatoms. The number of hydrogen-bond acceptors (Lipinski definition) is 5. The summed E-state index contributed by atoms with van der Waals surface area (Å²) < 4.78 is 19.9. The van der Waals surface area contributed by atoms with E-state index >= 15 is 0 Å². The Morgan fingerprint density at radius 2 is 1.44 bits per heavy atom. The van der Waals surface area contributed by atoms with Crippen LogP contribution in [0.5, 0.6) is 0 Å². The number of anilines is 1. The monoisotopic (exact) mass is 444 g/mol. The van der Waals surface area contributed by atoms with Crippen molar-refractivity contribution in [3.05, 3.63) is 90.5 Å². The van der Waals surface area contributed by atoms with Crippen LogP contribution in [-0.4, -0.2) is 23.6 Å². The standard InChI is InChI=1S/C25H21N2O4P/c26-17-19-11-13-20(14-12-19)27-23(28)18-31-24(29)25(15-16-25)32(30,21-7-3-1-4-8-21)22-9-5-2-6-10-22/h1-14H,15-16,18H2,(H,27,28). The molecule has 1 aliphatic carbocycles. The Balaban J connectivity index is 1.52. The minimum absolute atomic E-state index is 0.435. The molecule has 1 fully saturated rings. The van der Waals surface area contributed by atoms with Gasteiger partial charge in [-0.05, 0) is 37.1 Å². The lowest BCUT2D eigenvalue weighted by Gasteiger charge is -2.27. The second-order valence-corrected chi connectivity index (χ2v) is 10.7. The highest BCUT2D eigenvalue weighted by molar-refractivity contribution is 7.81. The number of nitrogens with zero attached hydrogens (tertiary/aromatic N) is 1.